The predicted octanol–water partition coefficient (Wildman–Crippen LogP) is 3.07. The third kappa shape index (κ3) is 3.82. The van der Waals surface area contributed by atoms with E-state index in [-0.39, 0.29) is 12.1 Å². The molecule has 0 amide bonds. The number of aryl methyl sites for hydroxylation is 1. The summed E-state index contributed by atoms with van der Waals surface area (Å²) in [4.78, 5) is 0. The van der Waals surface area contributed by atoms with Crippen LogP contribution in [0.5, 0.6) is 0 Å². The average Bonchev–Trinajstić information content (AvgIpc) is 2.14. The van der Waals surface area contributed by atoms with Crippen LogP contribution in [-0.4, -0.2) is 12.7 Å². The summed E-state index contributed by atoms with van der Waals surface area (Å²) in [6.07, 6.45) is 0.212. The van der Waals surface area contributed by atoms with Crippen LogP contribution < -0.4 is 5.73 Å². The Bertz CT molecular complexity index is 325. The van der Waals surface area contributed by atoms with Crippen molar-refractivity contribution in [1.29, 1.82) is 0 Å². The van der Waals surface area contributed by atoms with Gasteiger partial charge in [0, 0.05) is 5.02 Å². The lowest BCUT2D eigenvalue weighted by Crippen LogP contribution is -2.20. The maximum Gasteiger partial charge on any atom is 0.0662 e. The van der Waals surface area contributed by atoms with Gasteiger partial charge in [-0.3, -0.25) is 0 Å². The Morgan fingerprint density at radius 2 is 2.07 bits per heavy atom. The van der Waals surface area contributed by atoms with E-state index in [1.54, 1.807) is 0 Å². The second-order valence-electron chi connectivity index (χ2n) is 3.99. The van der Waals surface area contributed by atoms with Gasteiger partial charge in [-0.05, 0) is 44.0 Å². The Labute approximate surface area is 96.4 Å². The lowest BCUT2D eigenvalue weighted by molar-refractivity contribution is 0.0682. The number of hydrogen-bond acceptors (Lipinski definition) is 2. The predicted molar refractivity (Wildman–Crippen MR) is 64.2 cm³/mol. The minimum atomic E-state index is -0.0790. The van der Waals surface area contributed by atoms with E-state index < -0.39 is 0 Å². The highest BCUT2D eigenvalue weighted by atomic mass is 35.5. The largest absolute Gasteiger partial charge is 0.377 e. The molecule has 1 atom stereocenters. The molecule has 84 valence electrons. The van der Waals surface area contributed by atoms with E-state index in [2.05, 4.69) is 0 Å². The molecule has 0 fully saturated rings. The van der Waals surface area contributed by atoms with Crippen molar-refractivity contribution in [2.24, 2.45) is 5.73 Å². The Kier molecular flexibility index (Phi) is 4.58. The molecule has 0 saturated heterocycles. The second kappa shape index (κ2) is 5.50. The number of ether oxygens (including phenoxy) is 1. The summed E-state index contributed by atoms with van der Waals surface area (Å²) in [6.45, 7) is 6.56. The van der Waals surface area contributed by atoms with Crippen molar-refractivity contribution in [1.82, 2.24) is 0 Å². The van der Waals surface area contributed by atoms with Gasteiger partial charge < -0.3 is 10.5 Å². The van der Waals surface area contributed by atoms with Crippen LogP contribution in [0.15, 0.2) is 18.2 Å². The normalized spacial score (nSPS) is 13.2. The van der Waals surface area contributed by atoms with Crippen molar-refractivity contribution in [3.05, 3.63) is 34.3 Å². The third-order valence-corrected chi connectivity index (χ3v) is 2.48. The van der Waals surface area contributed by atoms with Gasteiger partial charge in [-0.1, -0.05) is 17.7 Å². The van der Waals surface area contributed by atoms with Crippen LogP contribution in [0.2, 0.25) is 5.02 Å². The quantitative estimate of drug-likeness (QED) is 0.858. The van der Waals surface area contributed by atoms with E-state index >= 15 is 0 Å². The lowest BCUT2D eigenvalue weighted by atomic mass is 10.0. The molecule has 0 saturated carbocycles. The molecule has 2 nitrogen and oxygen atoms in total. The molecule has 1 rings (SSSR count). The van der Waals surface area contributed by atoms with E-state index in [4.69, 9.17) is 22.1 Å². The summed E-state index contributed by atoms with van der Waals surface area (Å²) in [7, 11) is 0. The van der Waals surface area contributed by atoms with Crippen LogP contribution in [0.4, 0.5) is 0 Å². The number of halogens is 1. The first kappa shape index (κ1) is 12.5. The maximum atomic E-state index is 6.03. The molecule has 1 aromatic carbocycles. The van der Waals surface area contributed by atoms with Gasteiger partial charge in [-0.2, -0.15) is 0 Å². The molecular weight excluding hydrogens is 210 g/mol. The number of hydrogen-bond donors (Lipinski definition) is 1. The van der Waals surface area contributed by atoms with E-state index in [0.717, 1.165) is 16.1 Å². The highest BCUT2D eigenvalue weighted by Crippen LogP contribution is 2.20. The molecule has 15 heavy (non-hydrogen) atoms. The summed E-state index contributed by atoms with van der Waals surface area (Å²) < 4.78 is 5.49. The third-order valence-electron chi connectivity index (χ3n) is 2.24. The first-order valence-corrected chi connectivity index (χ1v) is 5.51. The summed E-state index contributed by atoms with van der Waals surface area (Å²) in [5.74, 6) is 0. The molecule has 1 unspecified atom stereocenters. The van der Waals surface area contributed by atoms with Crippen molar-refractivity contribution >= 4 is 11.6 Å². The van der Waals surface area contributed by atoms with Gasteiger partial charge in [-0.15, -0.1) is 0 Å². The van der Waals surface area contributed by atoms with Gasteiger partial charge in [0.15, 0.2) is 0 Å². The highest BCUT2D eigenvalue weighted by molar-refractivity contribution is 6.30. The van der Waals surface area contributed by atoms with Gasteiger partial charge in [0.25, 0.3) is 0 Å². The Balaban J connectivity index is 2.69. The Morgan fingerprint density at radius 1 is 1.40 bits per heavy atom. The summed E-state index contributed by atoms with van der Waals surface area (Å²) >= 11 is 5.88. The topological polar surface area (TPSA) is 35.2 Å². The molecule has 0 aliphatic carbocycles. The minimum Gasteiger partial charge on any atom is -0.377 e. The first-order valence-electron chi connectivity index (χ1n) is 5.14. The number of nitrogens with two attached hydrogens (primary N) is 1. The first-order chi connectivity index (χ1) is 7.00. The van der Waals surface area contributed by atoms with Gasteiger partial charge in [-0.25, -0.2) is 0 Å². The van der Waals surface area contributed by atoms with Crippen LogP contribution in [-0.2, 0) is 4.74 Å². The molecule has 0 aliphatic heterocycles. The average molecular weight is 228 g/mol. The van der Waals surface area contributed by atoms with Crippen LogP contribution in [0.1, 0.15) is 31.0 Å². The summed E-state index contributed by atoms with van der Waals surface area (Å²) in [6, 6.07) is 5.67. The Hall–Kier alpha value is -0.570. The lowest BCUT2D eigenvalue weighted by Gasteiger charge is -2.16. The summed E-state index contributed by atoms with van der Waals surface area (Å²) in [5, 5.41) is 0.744. The molecule has 0 aromatic heterocycles. The van der Waals surface area contributed by atoms with Crippen molar-refractivity contribution in [3.8, 4) is 0 Å². The number of benzene rings is 1. The molecule has 1 aromatic rings. The van der Waals surface area contributed by atoms with Crippen LogP contribution in [0, 0.1) is 6.92 Å². The number of rotatable bonds is 4. The maximum absolute atomic E-state index is 6.03. The van der Waals surface area contributed by atoms with Gasteiger partial charge in [0.05, 0.1) is 18.8 Å². The molecule has 0 aliphatic rings. The van der Waals surface area contributed by atoms with E-state index in [0.29, 0.717) is 6.61 Å². The molecule has 0 bridgehead atoms. The minimum absolute atomic E-state index is 0.0790. The molecule has 0 radical (unpaired) electrons. The fourth-order valence-electron chi connectivity index (χ4n) is 1.44. The smallest absolute Gasteiger partial charge is 0.0662 e. The molecule has 3 heteroatoms. The SMILES string of the molecule is Cc1cc(Cl)ccc1C(N)COC(C)C. The molecule has 2 N–H and O–H groups in total. The van der Waals surface area contributed by atoms with Crippen LogP contribution in [0.25, 0.3) is 0 Å². The zero-order valence-corrected chi connectivity index (χ0v) is 10.2. The molecule has 0 heterocycles. The van der Waals surface area contributed by atoms with Crippen molar-refractivity contribution in [3.63, 3.8) is 0 Å². The van der Waals surface area contributed by atoms with Crippen molar-refractivity contribution in [2.75, 3.05) is 6.61 Å². The summed E-state index contributed by atoms with van der Waals surface area (Å²) in [5.41, 5.74) is 8.24. The van der Waals surface area contributed by atoms with Gasteiger partial charge in [0.1, 0.15) is 0 Å². The zero-order valence-electron chi connectivity index (χ0n) is 9.46. The van der Waals surface area contributed by atoms with E-state index in [1.165, 1.54) is 0 Å². The van der Waals surface area contributed by atoms with Crippen molar-refractivity contribution in [2.45, 2.75) is 32.9 Å². The standard InChI is InChI=1S/C12H18ClNO/c1-8(2)15-7-12(14)11-5-4-10(13)6-9(11)3/h4-6,8,12H,7,14H2,1-3H3. The highest BCUT2D eigenvalue weighted by Gasteiger charge is 2.10. The van der Waals surface area contributed by atoms with Crippen molar-refractivity contribution < 1.29 is 4.74 Å². The second-order valence-corrected chi connectivity index (χ2v) is 4.43. The van der Waals surface area contributed by atoms with E-state index in [9.17, 15) is 0 Å². The fraction of sp³-hybridized carbons (Fsp3) is 0.500. The monoisotopic (exact) mass is 227 g/mol. The van der Waals surface area contributed by atoms with Crippen LogP contribution in [0.3, 0.4) is 0 Å². The fourth-order valence-corrected chi connectivity index (χ4v) is 1.67. The zero-order chi connectivity index (χ0) is 11.4. The van der Waals surface area contributed by atoms with Gasteiger partial charge in [0.2, 0.25) is 0 Å². The Morgan fingerprint density at radius 3 is 2.60 bits per heavy atom. The van der Waals surface area contributed by atoms with Gasteiger partial charge >= 0.3 is 0 Å². The van der Waals surface area contributed by atoms with E-state index in [1.807, 2.05) is 39.0 Å². The molecular formula is C12H18ClNO. The van der Waals surface area contributed by atoms with Crippen LogP contribution >= 0.6 is 11.6 Å². The molecule has 0 spiro atoms.